The lowest BCUT2D eigenvalue weighted by Crippen LogP contribution is -2.09. The number of alkyl halides is 3. The van der Waals surface area contributed by atoms with Gasteiger partial charge in [0.05, 0.1) is 33.9 Å². The Balaban J connectivity index is 1.82. The minimum atomic E-state index is -4.56. The summed E-state index contributed by atoms with van der Waals surface area (Å²) in [4.78, 5) is 4.07. The summed E-state index contributed by atoms with van der Waals surface area (Å²) in [6, 6.07) is 30.4. The number of fused-ring (bicyclic) bond motifs is 3. The number of nitriles is 1. The van der Waals surface area contributed by atoms with Crippen LogP contribution in [0.15, 0.2) is 109 Å². The number of benzene rings is 4. The Morgan fingerprint density at radius 2 is 1.38 bits per heavy atom. The molecule has 0 amide bonds. The topological polar surface area (TPSA) is 41.6 Å². The van der Waals surface area contributed by atoms with Crippen molar-refractivity contribution in [1.82, 2.24) is 9.55 Å². The maximum atomic E-state index is 14.4. The number of hydrogen-bond acceptors (Lipinski definition) is 2. The van der Waals surface area contributed by atoms with E-state index in [1.54, 1.807) is 41.2 Å². The molecule has 37 heavy (non-hydrogen) atoms. The van der Waals surface area contributed by atoms with E-state index in [2.05, 4.69) is 11.1 Å². The molecule has 0 fully saturated rings. The first kappa shape index (κ1) is 22.6. The van der Waals surface area contributed by atoms with Crippen molar-refractivity contribution in [2.75, 3.05) is 0 Å². The molecule has 0 N–H and O–H groups in total. The molecule has 0 aliphatic carbocycles. The number of halogens is 3. The molecular formula is C31H18F3N3. The Morgan fingerprint density at radius 3 is 2.11 bits per heavy atom. The summed E-state index contributed by atoms with van der Waals surface area (Å²) in [6.45, 7) is 0. The predicted molar refractivity (Wildman–Crippen MR) is 139 cm³/mol. The van der Waals surface area contributed by atoms with E-state index in [0.29, 0.717) is 33.3 Å². The van der Waals surface area contributed by atoms with Crippen LogP contribution in [0.3, 0.4) is 0 Å². The van der Waals surface area contributed by atoms with E-state index in [-0.39, 0.29) is 5.52 Å². The van der Waals surface area contributed by atoms with Crippen molar-refractivity contribution in [2.24, 2.45) is 0 Å². The molecule has 4 aromatic carbocycles. The third kappa shape index (κ3) is 3.73. The Hall–Kier alpha value is -4.89. The number of para-hydroxylation sites is 2. The average molecular weight is 490 g/mol. The zero-order valence-corrected chi connectivity index (χ0v) is 19.4. The summed E-state index contributed by atoms with van der Waals surface area (Å²) in [7, 11) is 0. The summed E-state index contributed by atoms with van der Waals surface area (Å²) < 4.78 is 44.8. The quantitative estimate of drug-likeness (QED) is 0.250. The summed E-state index contributed by atoms with van der Waals surface area (Å²) >= 11 is 0. The fraction of sp³-hybridized carbons (Fsp3) is 0.0323. The molecule has 6 rings (SSSR count). The second-order valence-electron chi connectivity index (χ2n) is 8.68. The molecule has 2 aromatic heterocycles. The van der Waals surface area contributed by atoms with Gasteiger partial charge in [-0.1, -0.05) is 60.7 Å². The van der Waals surface area contributed by atoms with E-state index < -0.39 is 11.7 Å². The Bertz CT molecular complexity index is 1810. The maximum Gasteiger partial charge on any atom is 0.418 e. The molecule has 0 spiro atoms. The van der Waals surface area contributed by atoms with Gasteiger partial charge in [0.2, 0.25) is 0 Å². The molecule has 0 atom stereocenters. The Labute approximate surface area is 210 Å². The van der Waals surface area contributed by atoms with E-state index >= 15 is 0 Å². The van der Waals surface area contributed by atoms with Gasteiger partial charge in [-0.15, -0.1) is 0 Å². The first-order valence-corrected chi connectivity index (χ1v) is 11.6. The smallest absolute Gasteiger partial charge is 0.308 e. The van der Waals surface area contributed by atoms with Crippen LogP contribution < -0.4 is 0 Å². The van der Waals surface area contributed by atoms with Crippen molar-refractivity contribution >= 4 is 21.8 Å². The zero-order chi connectivity index (χ0) is 25.6. The molecule has 0 saturated heterocycles. The van der Waals surface area contributed by atoms with Crippen LogP contribution in [-0.2, 0) is 6.18 Å². The van der Waals surface area contributed by atoms with Crippen molar-refractivity contribution in [3.05, 3.63) is 121 Å². The van der Waals surface area contributed by atoms with E-state index in [1.165, 1.54) is 6.07 Å². The molecule has 0 radical (unpaired) electrons. The summed E-state index contributed by atoms with van der Waals surface area (Å²) in [6.07, 6.45) is -1.30. The van der Waals surface area contributed by atoms with Crippen molar-refractivity contribution in [2.45, 2.75) is 6.18 Å². The third-order valence-corrected chi connectivity index (χ3v) is 6.57. The molecule has 0 unspecified atom stereocenters. The van der Waals surface area contributed by atoms with Gasteiger partial charge in [-0.3, -0.25) is 4.98 Å². The predicted octanol–water partition coefficient (Wildman–Crippen LogP) is 8.40. The van der Waals surface area contributed by atoms with Gasteiger partial charge in [0.25, 0.3) is 0 Å². The third-order valence-electron chi connectivity index (χ3n) is 6.57. The number of aromatic nitrogens is 2. The van der Waals surface area contributed by atoms with Gasteiger partial charge in [0.1, 0.15) is 0 Å². The SMILES string of the molecule is N#Cc1cc(-c2ccccc2)c(-n2c3ccccc3c3cccc(C(F)(F)F)c32)cc1-c1ccncc1. The van der Waals surface area contributed by atoms with Crippen molar-refractivity contribution < 1.29 is 13.2 Å². The summed E-state index contributed by atoms with van der Waals surface area (Å²) in [5.74, 6) is 0. The van der Waals surface area contributed by atoms with E-state index in [9.17, 15) is 18.4 Å². The minimum absolute atomic E-state index is 0.0822. The molecule has 6 heteroatoms. The highest BCUT2D eigenvalue weighted by Crippen LogP contribution is 2.43. The highest BCUT2D eigenvalue weighted by Gasteiger charge is 2.35. The minimum Gasteiger partial charge on any atom is -0.308 e. The first-order valence-electron chi connectivity index (χ1n) is 11.6. The van der Waals surface area contributed by atoms with Gasteiger partial charge in [0.15, 0.2) is 0 Å². The lowest BCUT2D eigenvalue weighted by atomic mass is 9.94. The first-order chi connectivity index (χ1) is 18.0. The number of rotatable bonds is 3. The van der Waals surface area contributed by atoms with Crippen LogP contribution in [0.2, 0.25) is 0 Å². The maximum absolute atomic E-state index is 14.4. The van der Waals surface area contributed by atoms with Crippen LogP contribution in [0.1, 0.15) is 11.1 Å². The molecule has 0 bridgehead atoms. The van der Waals surface area contributed by atoms with Crippen molar-refractivity contribution in [1.29, 1.82) is 5.26 Å². The second kappa shape index (κ2) is 8.65. The Kier molecular flexibility index (Phi) is 5.27. The largest absolute Gasteiger partial charge is 0.418 e. The van der Waals surface area contributed by atoms with Gasteiger partial charge in [0, 0.05) is 34.3 Å². The van der Waals surface area contributed by atoms with Crippen LogP contribution in [-0.4, -0.2) is 9.55 Å². The van der Waals surface area contributed by atoms with Crippen molar-refractivity contribution in [3.63, 3.8) is 0 Å². The molecule has 0 aliphatic heterocycles. The fourth-order valence-corrected chi connectivity index (χ4v) is 4.98. The monoisotopic (exact) mass is 489 g/mol. The molecular weight excluding hydrogens is 471 g/mol. The normalized spacial score (nSPS) is 11.6. The molecule has 178 valence electrons. The van der Waals surface area contributed by atoms with E-state index in [1.807, 2.05) is 60.7 Å². The summed E-state index contributed by atoms with van der Waals surface area (Å²) in [5.41, 5.74) is 3.83. The number of pyridine rings is 1. The van der Waals surface area contributed by atoms with Gasteiger partial charge >= 0.3 is 6.18 Å². The highest BCUT2D eigenvalue weighted by atomic mass is 19.4. The second-order valence-corrected chi connectivity index (χ2v) is 8.68. The van der Waals surface area contributed by atoms with Crippen LogP contribution in [0, 0.1) is 11.3 Å². The summed E-state index contributed by atoms with van der Waals surface area (Å²) in [5, 5.41) is 11.3. The molecule has 0 saturated carbocycles. The number of hydrogen-bond donors (Lipinski definition) is 0. The Morgan fingerprint density at radius 1 is 0.703 bits per heavy atom. The van der Waals surface area contributed by atoms with Gasteiger partial charge in [-0.25, -0.2) is 0 Å². The van der Waals surface area contributed by atoms with Crippen LogP contribution >= 0.6 is 0 Å². The lowest BCUT2D eigenvalue weighted by molar-refractivity contribution is -0.136. The molecule has 0 aliphatic rings. The average Bonchev–Trinajstić information content (AvgIpc) is 3.27. The van der Waals surface area contributed by atoms with E-state index in [0.717, 1.165) is 22.6 Å². The van der Waals surface area contributed by atoms with Crippen LogP contribution in [0.25, 0.3) is 49.7 Å². The van der Waals surface area contributed by atoms with Gasteiger partial charge in [-0.2, -0.15) is 18.4 Å². The van der Waals surface area contributed by atoms with Gasteiger partial charge in [-0.05, 0) is 47.5 Å². The zero-order valence-electron chi connectivity index (χ0n) is 19.4. The van der Waals surface area contributed by atoms with Crippen LogP contribution in [0.4, 0.5) is 13.2 Å². The molecule has 3 nitrogen and oxygen atoms in total. The van der Waals surface area contributed by atoms with E-state index in [4.69, 9.17) is 0 Å². The van der Waals surface area contributed by atoms with Crippen molar-refractivity contribution in [3.8, 4) is 34.0 Å². The standard InChI is InChI=1S/C31H18F3N3/c32-31(33,34)27-11-6-10-24-23-9-4-5-12-28(23)37(30(24)27)29-18-25(21-13-15-36-16-14-21)22(19-35)17-26(29)20-7-2-1-3-8-20/h1-18H. The lowest BCUT2D eigenvalue weighted by Gasteiger charge is -2.19. The molecule has 2 heterocycles. The molecule has 6 aromatic rings. The highest BCUT2D eigenvalue weighted by molar-refractivity contribution is 6.11. The van der Waals surface area contributed by atoms with Crippen LogP contribution in [0.5, 0.6) is 0 Å². The fourth-order valence-electron chi connectivity index (χ4n) is 4.98. The van der Waals surface area contributed by atoms with Gasteiger partial charge < -0.3 is 4.57 Å². The number of nitrogens with zero attached hydrogens (tertiary/aromatic N) is 3.